The van der Waals surface area contributed by atoms with Crippen LogP contribution in [0.1, 0.15) is 52.9 Å². The number of carbonyl (C=O) groups is 1. The van der Waals surface area contributed by atoms with E-state index in [1.54, 1.807) is 6.92 Å². The maximum absolute atomic E-state index is 12.2. The van der Waals surface area contributed by atoms with Gasteiger partial charge in [-0.25, -0.2) is 0 Å². The zero-order valence-corrected chi connectivity index (χ0v) is 11.3. The third-order valence-electron chi connectivity index (χ3n) is 3.70. The van der Waals surface area contributed by atoms with E-state index < -0.39 is 11.1 Å². The molecule has 100 valence electrons. The summed E-state index contributed by atoms with van der Waals surface area (Å²) in [7, 11) is 0. The molecule has 17 heavy (non-hydrogen) atoms. The van der Waals surface area contributed by atoms with Crippen molar-refractivity contribution in [3.63, 3.8) is 0 Å². The zero-order valence-electron chi connectivity index (χ0n) is 11.3. The smallest absolute Gasteiger partial charge is 0.240 e. The topological polar surface area (TPSA) is 61.4 Å². The highest BCUT2D eigenvalue weighted by atomic mass is 16.3. The number of amides is 1. The molecule has 0 aliphatic carbocycles. The van der Waals surface area contributed by atoms with Gasteiger partial charge in [0, 0.05) is 6.54 Å². The highest BCUT2D eigenvalue weighted by molar-refractivity contribution is 5.86. The summed E-state index contributed by atoms with van der Waals surface area (Å²) < 4.78 is 0. The summed E-state index contributed by atoms with van der Waals surface area (Å²) in [5.41, 5.74) is -1.19. The fourth-order valence-electron chi connectivity index (χ4n) is 2.53. The Kier molecular flexibility index (Phi) is 4.95. The molecule has 4 heteroatoms. The van der Waals surface area contributed by atoms with Gasteiger partial charge in [0.15, 0.2) is 0 Å². The summed E-state index contributed by atoms with van der Waals surface area (Å²) >= 11 is 0. The predicted molar refractivity (Wildman–Crippen MR) is 68.8 cm³/mol. The van der Waals surface area contributed by atoms with E-state index in [1.165, 1.54) is 0 Å². The van der Waals surface area contributed by atoms with Crippen molar-refractivity contribution in [1.82, 2.24) is 10.6 Å². The van der Waals surface area contributed by atoms with Crippen molar-refractivity contribution in [3.05, 3.63) is 0 Å². The molecule has 0 bridgehead atoms. The standard InChI is InChI=1S/C13H26N2O2/c1-4-7-12(3,17)10-14-11(16)13(5-2)8-6-9-15-13/h15,17H,4-10H2,1-3H3,(H,14,16). The van der Waals surface area contributed by atoms with E-state index in [9.17, 15) is 9.90 Å². The summed E-state index contributed by atoms with van der Waals surface area (Å²) in [5.74, 6) is 0.0360. The average molecular weight is 242 g/mol. The minimum Gasteiger partial charge on any atom is -0.388 e. The molecule has 1 heterocycles. The first-order valence-corrected chi connectivity index (χ1v) is 6.71. The van der Waals surface area contributed by atoms with Crippen LogP contribution in [0.25, 0.3) is 0 Å². The molecule has 2 unspecified atom stereocenters. The van der Waals surface area contributed by atoms with Crippen LogP contribution in [0.4, 0.5) is 0 Å². The second-order valence-electron chi connectivity index (χ2n) is 5.40. The van der Waals surface area contributed by atoms with Gasteiger partial charge in [0.05, 0.1) is 11.1 Å². The van der Waals surface area contributed by atoms with Crippen LogP contribution in [0.2, 0.25) is 0 Å². The van der Waals surface area contributed by atoms with E-state index in [0.29, 0.717) is 13.0 Å². The Hall–Kier alpha value is -0.610. The second kappa shape index (κ2) is 5.83. The van der Waals surface area contributed by atoms with E-state index >= 15 is 0 Å². The Morgan fingerprint density at radius 1 is 1.53 bits per heavy atom. The Bertz CT molecular complexity index is 258. The van der Waals surface area contributed by atoms with Crippen LogP contribution in [0.15, 0.2) is 0 Å². The SMILES string of the molecule is CCCC(C)(O)CNC(=O)C1(CC)CCCN1. The molecule has 3 N–H and O–H groups in total. The van der Waals surface area contributed by atoms with E-state index in [1.807, 2.05) is 13.8 Å². The van der Waals surface area contributed by atoms with E-state index in [2.05, 4.69) is 10.6 Å². The summed E-state index contributed by atoms with van der Waals surface area (Å²) in [6, 6.07) is 0. The molecule has 1 rings (SSSR count). The molecule has 1 aliphatic rings. The maximum Gasteiger partial charge on any atom is 0.240 e. The lowest BCUT2D eigenvalue weighted by Gasteiger charge is -2.30. The molecule has 0 radical (unpaired) electrons. The Balaban J connectivity index is 2.48. The van der Waals surface area contributed by atoms with Crippen molar-refractivity contribution in [2.45, 2.75) is 64.0 Å². The third-order valence-corrected chi connectivity index (χ3v) is 3.70. The van der Waals surface area contributed by atoms with Gasteiger partial charge in [-0.1, -0.05) is 20.3 Å². The van der Waals surface area contributed by atoms with Crippen molar-refractivity contribution < 1.29 is 9.90 Å². The zero-order chi connectivity index (χ0) is 12.9. The van der Waals surface area contributed by atoms with Crippen LogP contribution >= 0.6 is 0 Å². The number of rotatable bonds is 6. The summed E-state index contributed by atoms with van der Waals surface area (Å²) in [6.45, 7) is 7.08. The molecule has 1 fully saturated rings. The van der Waals surface area contributed by atoms with Gasteiger partial charge in [-0.05, 0) is 39.2 Å². The van der Waals surface area contributed by atoms with Crippen LogP contribution in [0, 0.1) is 0 Å². The molecule has 2 atom stereocenters. The van der Waals surface area contributed by atoms with E-state index in [4.69, 9.17) is 0 Å². The molecule has 1 aliphatic heterocycles. The van der Waals surface area contributed by atoms with Crippen molar-refractivity contribution >= 4 is 5.91 Å². The maximum atomic E-state index is 12.2. The van der Waals surface area contributed by atoms with Gasteiger partial charge in [0.2, 0.25) is 5.91 Å². The number of hydrogen-bond acceptors (Lipinski definition) is 3. The molecular formula is C13H26N2O2. The van der Waals surface area contributed by atoms with Crippen molar-refractivity contribution in [1.29, 1.82) is 0 Å². The number of nitrogens with one attached hydrogen (secondary N) is 2. The second-order valence-corrected chi connectivity index (χ2v) is 5.40. The normalized spacial score (nSPS) is 27.8. The Morgan fingerprint density at radius 3 is 2.71 bits per heavy atom. The first-order valence-electron chi connectivity index (χ1n) is 6.71. The van der Waals surface area contributed by atoms with Gasteiger partial charge in [-0.3, -0.25) is 4.79 Å². The monoisotopic (exact) mass is 242 g/mol. The minimum atomic E-state index is -0.794. The number of aliphatic hydroxyl groups is 1. The Morgan fingerprint density at radius 2 is 2.24 bits per heavy atom. The quantitative estimate of drug-likeness (QED) is 0.655. The first-order chi connectivity index (χ1) is 7.96. The van der Waals surface area contributed by atoms with Crippen LogP contribution < -0.4 is 10.6 Å². The van der Waals surface area contributed by atoms with Gasteiger partial charge >= 0.3 is 0 Å². The highest BCUT2D eigenvalue weighted by Gasteiger charge is 2.39. The van der Waals surface area contributed by atoms with Crippen LogP contribution in [0.5, 0.6) is 0 Å². The van der Waals surface area contributed by atoms with Crippen molar-refractivity contribution in [2.24, 2.45) is 0 Å². The molecule has 4 nitrogen and oxygen atoms in total. The van der Waals surface area contributed by atoms with Gasteiger partial charge in [0.25, 0.3) is 0 Å². The van der Waals surface area contributed by atoms with Crippen molar-refractivity contribution in [2.75, 3.05) is 13.1 Å². The minimum absolute atomic E-state index is 0.0360. The molecule has 1 saturated heterocycles. The molecule has 0 aromatic rings. The highest BCUT2D eigenvalue weighted by Crippen LogP contribution is 2.23. The van der Waals surface area contributed by atoms with E-state index in [0.717, 1.165) is 32.2 Å². The van der Waals surface area contributed by atoms with Crippen LogP contribution in [0.3, 0.4) is 0 Å². The Labute approximate surface area is 104 Å². The summed E-state index contributed by atoms with van der Waals surface area (Å²) in [4.78, 5) is 12.2. The molecule has 0 spiro atoms. The van der Waals surface area contributed by atoms with Crippen LogP contribution in [-0.2, 0) is 4.79 Å². The lowest BCUT2D eigenvalue weighted by Crippen LogP contribution is -2.55. The largest absolute Gasteiger partial charge is 0.388 e. The average Bonchev–Trinajstić information content (AvgIpc) is 2.75. The molecule has 0 saturated carbocycles. The molecular weight excluding hydrogens is 216 g/mol. The lowest BCUT2D eigenvalue weighted by atomic mass is 9.92. The van der Waals surface area contributed by atoms with Crippen molar-refractivity contribution in [3.8, 4) is 0 Å². The van der Waals surface area contributed by atoms with Gasteiger partial charge < -0.3 is 15.7 Å². The summed E-state index contributed by atoms with van der Waals surface area (Å²) in [5, 5.41) is 16.2. The van der Waals surface area contributed by atoms with Gasteiger partial charge in [-0.15, -0.1) is 0 Å². The molecule has 0 aromatic carbocycles. The first kappa shape index (κ1) is 14.5. The summed E-state index contributed by atoms with van der Waals surface area (Å²) in [6.07, 6.45) is 4.37. The number of carbonyl (C=O) groups excluding carboxylic acids is 1. The molecule has 1 amide bonds. The molecule has 0 aromatic heterocycles. The number of hydrogen-bond donors (Lipinski definition) is 3. The fourth-order valence-corrected chi connectivity index (χ4v) is 2.53. The third kappa shape index (κ3) is 3.68. The lowest BCUT2D eigenvalue weighted by molar-refractivity contribution is -0.128. The van der Waals surface area contributed by atoms with Gasteiger partial charge in [0.1, 0.15) is 0 Å². The van der Waals surface area contributed by atoms with Crippen LogP contribution in [-0.4, -0.2) is 35.2 Å². The fraction of sp³-hybridized carbons (Fsp3) is 0.923. The van der Waals surface area contributed by atoms with Gasteiger partial charge in [-0.2, -0.15) is 0 Å². The van der Waals surface area contributed by atoms with E-state index in [-0.39, 0.29) is 5.91 Å². The predicted octanol–water partition coefficient (Wildman–Crippen LogP) is 1.19.